The number of methoxy groups -OCH3 is 1. The molecular weight excluding hydrogens is 364 g/mol. The second kappa shape index (κ2) is 8.83. The van der Waals surface area contributed by atoms with E-state index in [-0.39, 0.29) is 16.6 Å². The van der Waals surface area contributed by atoms with Crippen LogP contribution in [0.1, 0.15) is 16.7 Å². The van der Waals surface area contributed by atoms with Crippen LogP contribution in [0.2, 0.25) is 0 Å². The number of nitrogens with one attached hydrogen (secondary N) is 1. The normalized spacial score (nSPS) is 11.7. The molecule has 27 heavy (non-hydrogen) atoms. The van der Waals surface area contributed by atoms with Crippen LogP contribution in [-0.4, -0.2) is 39.8 Å². The van der Waals surface area contributed by atoms with Gasteiger partial charge in [-0.05, 0) is 36.3 Å². The number of carbonyl (C=O) groups excluding carboxylic acids is 1. The largest absolute Gasteiger partial charge is 0.495 e. The topological polar surface area (TPSA) is 75.7 Å². The quantitative estimate of drug-likeness (QED) is 0.740. The van der Waals surface area contributed by atoms with Crippen molar-refractivity contribution in [1.82, 2.24) is 9.62 Å². The van der Waals surface area contributed by atoms with E-state index in [1.54, 1.807) is 18.2 Å². The van der Waals surface area contributed by atoms with Crippen LogP contribution < -0.4 is 10.1 Å². The molecule has 0 radical (unpaired) electrons. The van der Waals surface area contributed by atoms with Crippen LogP contribution in [0.4, 0.5) is 0 Å². The molecular formula is C20H24N2O4S. The number of ether oxygens (including phenoxy) is 1. The van der Waals surface area contributed by atoms with Gasteiger partial charge >= 0.3 is 0 Å². The number of benzene rings is 2. The van der Waals surface area contributed by atoms with Gasteiger partial charge in [-0.15, -0.1) is 0 Å². The number of sulfonamides is 1. The molecule has 2 aromatic carbocycles. The van der Waals surface area contributed by atoms with Crippen molar-refractivity contribution >= 4 is 22.0 Å². The van der Waals surface area contributed by atoms with Crippen molar-refractivity contribution in [3.05, 3.63) is 65.2 Å². The molecule has 7 heteroatoms. The van der Waals surface area contributed by atoms with Crippen molar-refractivity contribution in [1.29, 1.82) is 0 Å². The minimum Gasteiger partial charge on any atom is -0.495 e. The Balaban J connectivity index is 2.12. The summed E-state index contributed by atoms with van der Waals surface area (Å²) in [5, 5.41) is 2.80. The maximum Gasteiger partial charge on any atom is 0.246 e. The Bertz CT molecular complexity index is 933. The summed E-state index contributed by atoms with van der Waals surface area (Å²) in [6.07, 6.45) is 2.95. The number of amides is 1. The van der Waals surface area contributed by atoms with Crippen molar-refractivity contribution in [2.45, 2.75) is 18.4 Å². The highest BCUT2D eigenvalue weighted by Crippen LogP contribution is 2.27. The van der Waals surface area contributed by atoms with Crippen molar-refractivity contribution in [2.75, 3.05) is 21.2 Å². The Morgan fingerprint density at radius 1 is 1.15 bits per heavy atom. The first-order valence-corrected chi connectivity index (χ1v) is 9.80. The maximum absolute atomic E-state index is 12.4. The number of hydrogen-bond donors (Lipinski definition) is 1. The van der Waals surface area contributed by atoms with Crippen molar-refractivity contribution in [3.8, 4) is 5.75 Å². The fraction of sp³-hybridized carbons (Fsp3) is 0.250. The van der Waals surface area contributed by atoms with Crippen LogP contribution in [0.3, 0.4) is 0 Å². The fourth-order valence-corrected chi connectivity index (χ4v) is 3.41. The highest BCUT2D eigenvalue weighted by atomic mass is 32.2. The number of hydrogen-bond acceptors (Lipinski definition) is 4. The van der Waals surface area contributed by atoms with Crippen molar-refractivity contribution < 1.29 is 17.9 Å². The predicted molar refractivity (Wildman–Crippen MR) is 106 cm³/mol. The van der Waals surface area contributed by atoms with E-state index in [0.29, 0.717) is 12.1 Å². The van der Waals surface area contributed by atoms with Crippen LogP contribution in [0.15, 0.2) is 53.4 Å². The zero-order valence-corrected chi connectivity index (χ0v) is 16.7. The zero-order chi connectivity index (χ0) is 20.0. The van der Waals surface area contributed by atoms with Gasteiger partial charge in [0.05, 0.1) is 7.11 Å². The van der Waals surface area contributed by atoms with Gasteiger partial charge in [0.25, 0.3) is 0 Å². The lowest BCUT2D eigenvalue weighted by Gasteiger charge is -2.15. The lowest BCUT2D eigenvalue weighted by atomic mass is 10.1. The molecule has 0 heterocycles. The monoisotopic (exact) mass is 388 g/mol. The Morgan fingerprint density at radius 2 is 1.81 bits per heavy atom. The maximum atomic E-state index is 12.4. The lowest BCUT2D eigenvalue weighted by molar-refractivity contribution is -0.116. The van der Waals surface area contributed by atoms with E-state index < -0.39 is 10.0 Å². The summed E-state index contributed by atoms with van der Waals surface area (Å²) in [4.78, 5) is 12.1. The summed E-state index contributed by atoms with van der Waals surface area (Å²) in [7, 11) is 0.666. The number of aryl methyl sites for hydroxylation is 1. The van der Waals surface area contributed by atoms with E-state index in [2.05, 4.69) is 5.32 Å². The van der Waals surface area contributed by atoms with E-state index in [4.69, 9.17) is 4.74 Å². The van der Waals surface area contributed by atoms with Crippen molar-refractivity contribution in [3.63, 3.8) is 0 Å². The van der Waals surface area contributed by atoms with E-state index in [1.807, 2.05) is 31.2 Å². The standard InChI is InChI=1S/C20H24N2O4S/c1-15-5-7-17(8-6-15)14-21-20(23)12-10-16-9-11-18(26-4)19(13-16)27(24,25)22(2)3/h5-13H,14H2,1-4H3,(H,21,23)/b12-10+. The van der Waals surface area contributed by atoms with Gasteiger partial charge < -0.3 is 10.1 Å². The summed E-state index contributed by atoms with van der Waals surface area (Å²) in [6.45, 7) is 2.43. The van der Waals surface area contributed by atoms with Gasteiger partial charge in [-0.1, -0.05) is 35.9 Å². The third kappa shape index (κ3) is 5.42. The van der Waals surface area contributed by atoms with Crippen LogP contribution in [-0.2, 0) is 21.4 Å². The van der Waals surface area contributed by atoms with Crippen LogP contribution in [0.5, 0.6) is 5.75 Å². The Morgan fingerprint density at radius 3 is 2.41 bits per heavy atom. The summed E-state index contributed by atoms with van der Waals surface area (Å²) < 4.78 is 31.1. The van der Waals surface area contributed by atoms with Crippen LogP contribution >= 0.6 is 0 Å². The summed E-state index contributed by atoms with van der Waals surface area (Å²) in [5.41, 5.74) is 2.75. The van der Waals surface area contributed by atoms with Crippen LogP contribution in [0, 0.1) is 6.92 Å². The molecule has 0 saturated heterocycles. The Kier molecular flexibility index (Phi) is 6.76. The second-order valence-electron chi connectivity index (χ2n) is 6.23. The molecule has 2 aromatic rings. The predicted octanol–water partition coefficient (Wildman–Crippen LogP) is 2.58. The third-order valence-electron chi connectivity index (χ3n) is 3.96. The van der Waals surface area contributed by atoms with Crippen molar-refractivity contribution in [2.24, 2.45) is 0 Å². The zero-order valence-electron chi connectivity index (χ0n) is 15.9. The highest BCUT2D eigenvalue weighted by Gasteiger charge is 2.22. The van der Waals surface area contributed by atoms with Gasteiger partial charge in [0.15, 0.2) is 0 Å². The second-order valence-corrected chi connectivity index (χ2v) is 8.35. The molecule has 2 rings (SSSR count). The molecule has 0 atom stereocenters. The minimum absolute atomic E-state index is 0.0530. The van der Waals surface area contributed by atoms with Gasteiger partial charge in [-0.2, -0.15) is 0 Å². The summed E-state index contributed by atoms with van der Waals surface area (Å²) in [6, 6.07) is 12.6. The fourth-order valence-electron chi connectivity index (χ4n) is 2.32. The van der Waals surface area contributed by atoms with E-state index in [1.165, 1.54) is 33.3 Å². The summed E-state index contributed by atoms with van der Waals surface area (Å²) >= 11 is 0. The molecule has 0 saturated carbocycles. The smallest absolute Gasteiger partial charge is 0.246 e. The van der Waals surface area contributed by atoms with Gasteiger partial charge in [-0.25, -0.2) is 12.7 Å². The number of carbonyl (C=O) groups is 1. The van der Waals surface area contributed by atoms with Gasteiger partial charge in [0.2, 0.25) is 15.9 Å². The average Bonchev–Trinajstić information content (AvgIpc) is 2.65. The average molecular weight is 388 g/mol. The van der Waals surface area contributed by atoms with Crippen LogP contribution in [0.25, 0.3) is 6.08 Å². The molecule has 0 aliphatic rings. The third-order valence-corrected chi connectivity index (χ3v) is 5.80. The molecule has 0 spiro atoms. The van der Waals surface area contributed by atoms with E-state index in [0.717, 1.165) is 15.4 Å². The molecule has 0 aromatic heterocycles. The van der Waals surface area contributed by atoms with Gasteiger partial charge in [-0.3, -0.25) is 4.79 Å². The van der Waals surface area contributed by atoms with E-state index in [9.17, 15) is 13.2 Å². The molecule has 0 unspecified atom stereocenters. The molecule has 6 nitrogen and oxygen atoms in total. The Hall–Kier alpha value is -2.64. The molecule has 1 N–H and O–H groups in total. The SMILES string of the molecule is COc1ccc(/C=C/C(=O)NCc2ccc(C)cc2)cc1S(=O)(=O)N(C)C. The van der Waals surface area contributed by atoms with E-state index >= 15 is 0 Å². The molecule has 0 fully saturated rings. The minimum atomic E-state index is -3.66. The first-order valence-electron chi connectivity index (χ1n) is 8.36. The number of nitrogens with zero attached hydrogens (tertiary/aromatic N) is 1. The highest BCUT2D eigenvalue weighted by molar-refractivity contribution is 7.89. The first kappa shape index (κ1) is 20.7. The summed E-state index contributed by atoms with van der Waals surface area (Å²) in [5.74, 6) is -0.00641. The molecule has 1 amide bonds. The van der Waals surface area contributed by atoms with Gasteiger partial charge in [0.1, 0.15) is 10.6 Å². The lowest BCUT2D eigenvalue weighted by Crippen LogP contribution is -2.22. The number of rotatable bonds is 7. The Labute approximate surface area is 160 Å². The molecule has 0 bridgehead atoms. The molecule has 0 aliphatic heterocycles. The molecule has 0 aliphatic carbocycles. The first-order chi connectivity index (χ1) is 12.7. The molecule has 144 valence electrons. The van der Waals surface area contributed by atoms with Gasteiger partial charge in [0, 0.05) is 26.7 Å².